The van der Waals surface area contributed by atoms with E-state index < -0.39 is 0 Å². The summed E-state index contributed by atoms with van der Waals surface area (Å²) < 4.78 is 0. The number of nitrogens with one attached hydrogen (secondary N) is 2. The third-order valence-corrected chi connectivity index (χ3v) is 2.52. The lowest BCUT2D eigenvalue weighted by atomic mass is 10.2. The summed E-state index contributed by atoms with van der Waals surface area (Å²) in [6, 6.07) is 6.13. The Bertz CT molecular complexity index is 473. The van der Waals surface area contributed by atoms with Crippen LogP contribution in [0.25, 0.3) is 11.0 Å². The van der Waals surface area contributed by atoms with Gasteiger partial charge in [0.2, 0.25) is 0 Å². The fraction of sp³-hybridized carbons (Fsp3) is 0.417. The van der Waals surface area contributed by atoms with Crippen molar-refractivity contribution in [1.82, 2.24) is 9.97 Å². The van der Waals surface area contributed by atoms with Crippen molar-refractivity contribution in [1.29, 1.82) is 0 Å². The summed E-state index contributed by atoms with van der Waals surface area (Å²) in [5, 5.41) is 3.25. The van der Waals surface area contributed by atoms with E-state index in [0.29, 0.717) is 12.5 Å². The van der Waals surface area contributed by atoms with E-state index in [-0.39, 0.29) is 0 Å². The number of benzene rings is 1. The van der Waals surface area contributed by atoms with Gasteiger partial charge in [0.25, 0.3) is 0 Å². The number of aromatic nitrogens is 2. The average molecular weight is 218 g/mol. The van der Waals surface area contributed by atoms with Crippen LogP contribution in [0.3, 0.4) is 0 Å². The first-order chi connectivity index (χ1) is 7.70. The highest BCUT2D eigenvalue weighted by atomic mass is 14.9. The Morgan fingerprint density at radius 3 is 2.94 bits per heavy atom. The number of nitrogens with two attached hydrogens (primary N) is 1. The second kappa shape index (κ2) is 4.53. The minimum Gasteiger partial charge on any atom is -0.384 e. The van der Waals surface area contributed by atoms with Crippen LogP contribution in [0.5, 0.6) is 0 Å². The number of imidazole rings is 1. The molecule has 0 amide bonds. The fourth-order valence-corrected chi connectivity index (χ4v) is 1.63. The van der Waals surface area contributed by atoms with Gasteiger partial charge >= 0.3 is 0 Å². The topological polar surface area (TPSA) is 66.7 Å². The number of rotatable bonds is 4. The Kier molecular flexibility index (Phi) is 3.10. The van der Waals surface area contributed by atoms with E-state index in [1.165, 1.54) is 0 Å². The number of aromatic amines is 1. The first-order valence-electron chi connectivity index (χ1n) is 5.64. The highest BCUT2D eigenvalue weighted by Gasteiger charge is 2.06. The summed E-state index contributed by atoms with van der Waals surface area (Å²) in [6.45, 7) is 5.69. The molecule has 1 aromatic heterocycles. The zero-order valence-corrected chi connectivity index (χ0v) is 9.75. The number of nitrogens with zero attached hydrogens (tertiary/aromatic N) is 1. The molecule has 16 heavy (non-hydrogen) atoms. The third-order valence-electron chi connectivity index (χ3n) is 2.52. The Balaban J connectivity index is 2.30. The standard InChI is InChI=1S/C12H18N4/c1-8(2)12-15-10-4-3-9(14-6-5-13)7-11(10)16-12/h3-4,7-8,14H,5-6,13H2,1-2H3,(H,15,16). The largest absolute Gasteiger partial charge is 0.384 e. The van der Waals surface area contributed by atoms with Gasteiger partial charge in [0.15, 0.2) is 0 Å². The van der Waals surface area contributed by atoms with E-state index >= 15 is 0 Å². The van der Waals surface area contributed by atoms with Gasteiger partial charge in [-0.2, -0.15) is 0 Å². The van der Waals surface area contributed by atoms with Gasteiger partial charge < -0.3 is 16.0 Å². The summed E-state index contributed by atoms with van der Waals surface area (Å²) >= 11 is 0. The second-order valence-corrected chi connectivity index (χ2v) is 4.22. The number of H-pyrrole nitrogens is 1. The van der Waals surface area contributed by atoms with Gasteiger partial charge in [0.1, 0.15) is 5.82 Å². The van der Waals surface area contributed by atoms with Crippen LogP contribution in [0, 0.1) is 0 Å². The molecule has 0 aliphatic heterocycles. The van der Waals surface area contributed by atoms with Gasteiger partial charge in [-0.05, 0) is 18.2 Å². The van der Waals surface area contributed by atoms with Crippen molar-refractivity contribution in [3.63, 3.8) is 0 Å². The maximum absolute atomic E-state index is 5.45. The van der Waals surface area contributed by atoms with E-state index in [9.17, 15) is 0 Å². The quantitative estimate of drug-likeness (QED) is 0.735. The Morgan fingerprint density at radius 1 is 1.44 bits per heavy atom. The molecular weight excluding hydrogens is 200 g/mol. The van der Waals surface area contributed by atoms with Crippen molar-refractivity contribution < 1.29 is 0 Å². The highest BCUT2D eigenvalue weighted by Crippen LogP contribution is 2.20. The van der Waals surface area contributed by atoms with Crippen molar-refractivity contribution in [2.75, 3.05) is 18.4 Å². The van der Waals surface area contributed by atoms with E-state index in [0.717, 1.165) is 29.1 Å². The molecule has 0 aliphatic rings. The molecule has 0 atom stereocenters. The van der Waals surface area contributed by atoms with Crippen LogP contribution in [0.15, 0.2) is 18.2 Å². The zero-order valence-electron chi connectivity index (χ0n) is 9.75. The molecule has 0 spiro atoms. The van der Waals surface area contributed by atoms with Crippen LogP contribution < -0.4 is 11.1 Å². The fourth-order valence-electron chi connectivity index (χ4n) is 1.63. The molecule has 0 aliphatic carbocycles. The number of hydrogen-bond donors (Lipinski definition) is 3. The molecule has 2 aromatic rings. The minimum absolute atomic E-state index is 0.424. The second-order valence-electron chi connectivity index (χ2n) is 4.22. The van der Waals surface area contributed by atoms with Crippen molar-refractivity contribution in [3.05, 3.63) is 24.0 Å². The van der Waals surface area contributed by atoms with Crippen LogP contribution in [-0.4, -0.2) is 23.1 Å². The van der Waals surface area contributed by atoms with E-state index in [2.05, 4.69) is 35.2 Å². The average Bonchev–Trinajstić information content (AvgIpc) is 2.69. The molecule has 0 bridgehead atoms. The molecule has 0 fully saturated rings. The maximum atomic E-state index is 5.45. The Labute approximate surface area is 95.3 Å². The van der Waals surface area contributed by atoms with E-state index in [1.54, 1.807) is 0 Å². The van der Waals surface area contributed by atoms with Crippen LogP contribution >= 0.6 is 0 Å². The predicted octanol–water partition coefficient (Wildman–Crippen LogP) is 2.06. The lowest BCUT2D eigenvalue weighted by Gasteiger charge is -2.03. The third kappa shape index (κ3) is 2.17. The molecule has 0 saturated carbocycles. The molecule has 4 nitrogen and oxygen atoms in total. The summed E-state index contributed by atoms with van der Waals surface area (Å²) in [5.74, 6) is 1.46. The first-order valence-corrected chi connectivity index (χ1v) is 5.64. The van der Waals surface area contributed by atoms with Gasteiger partial charge in [-0.3, -0.25) is 0 Å². The SMILES string of the molecule is CC(C)c1nc2ccc(NCCN)cc2[nH]1. The predicted molar refractivity (Wildman–Crippen MR) is 67.7 cm³/mol. The maximum Gasteiger partial charge on any atom is 0.109 e. The Morgan fingerprint density at radius 2 is 2.25 bits per heavy atom. The van der Waals surface area contributed by atoms with E-state index in [4.69, 9.17) is 5.73 Å². The minimum atomic E-state index is 0.424. The summed E-state index contributed by atoms with van der Waals surface area (Å²) in [6.07, 6.45) is 0. The zero-order chi connectivity index (χ0) is 11.5. The van der Waals surface area contributed by atoms with Crippen molar-refractivity contribution in [2.45, 2.75) is 19.8 Å². The lowest BCUT2D eigenvalue weighted by molar-refractivity contribution is 0.799. The molecule has 4 heteroatoms. The van der Waals surface area contributed by atoms with Crippen molar-refractivity contribution in [3.8, 4) is 0 Å². The monoisotopic (exact) mass is 218 g/mol. The molecule has 0 saturated heterocycles. The summed E-state index contributed by atoms with van der Waals surface area (Å²) in [4.78, 5) is 7.86. The number of fused-ring (bicyclic) bond motifs is 1. The van der Waals surface area contributed by atoms with Gasteiger partial charge in [-0.25, -0.2) is 4.98 Å². The molecule has 2 rings (SSSR count). The molecule has 86 valence electrons. The molecule has 1 aromatic carbocycles. The molecule has 4 N–H and O–H groups in total. The summed E-state index contributed by atoms with van der Waals surface area (Å²) in [5.41, 5.74) is 8.62. The normalized spacial score (nSPS) is 11.2. The molecule has 0 unspecified atom stereocenters. The van der Waals surface area contributed by atoms with Gasteiger partial charge in [-0.1, -0.05) is 13.8 Å². The smallest absolute Gasteiger partial charge is 0.109 e. The van der Waals surface area contributed by atoms with Gasteiger partial charge in [0, 0.05) is 24.7 Å². The lowest BCUT2D eigenvalue weighted by Crippen LogP contribution is -2.12. The summed E-state index contributed by atoms with van der Waals surface area (Å²) in [7, 11) is 0. The molecular formula is C12H18N4. The molecule has 1 heterocycles. The van der Waals surface area contributed by atoms with Crippen LogP contribution in [-0.2, 0) is 0 Å². The van der Waals surface area contributed by atoms with Gasteiger partial charge in [-0.15, -0.1) is 0 Å². The van der Waals surface area contributed by atoms with Crippen molar-refractivity contribution >= 4 is 16.7 Å². The van der Waals surface area contributed by atoms with Crippen LogP contribution in [0.1, 0.15) is 25.6 Å². The number of anilines is 1. The number of hydrogen-bond acceptors (Lipinski definition) is 3. The molecule has 0 radical (unpaired) electrons. The highest BCUT2D eigenvalue weighted by molar-refractivity contribution is 5.79. The van der Waals surface area contributed by atoms with Crippen LogP contribution in [0.2, 0.25) is 0 Å². The van der Waals surface area contributed by atoms with Crippen molar-refractivity contribution in [2.24, 2.45) is 5.73 Å². The van der Waals surface area contributed by atoms with Crippen LogP contribution in [0.4, 0.5) is 5.69 Å². The first kappa shape index (κ1) is 11.0. The van der Waals surface area contributed by atoms with Gasteiger partial charge in [0.05, 0.1) is 11.0 Å². The Hall–Kier alpha value is -1.55. The van der Waals surface area contributed by atoms with E-state index in [1.807, 2.05) is 12.1 Å².